The molecule has 0 saturated carbocycles. The first-order chi connectivity index (χ1) is 22.9. The van der Waals surface area contributed by atoms with Crippen molar-refractivity contribution < 1.29 is 28.6 Å². The number of furan rings is 1. The third-order valence-corrected chi connectivity index (χ3v) is 10.1. The number of hydrogen-bond acceptors (Lipinski definition) is 10. The van der Waals surface area contributed by atoms with Crippen LogP contribution in [0, 0.1) is 0 Å². The van der Waals surface area contributed by atoms with Gasteiger partial charge in [0.15, 0.2) is 27.2 Å². The van der Waals surface area contributed by atoms with Gasteiger partial charge >= 0.3 is 0 Å². The number of carbonyl (C=O) groups excluding carboxylic acids is 2. The highest BCUT2D eigenvalue weighted by Gasteiger charge is 2.47. The van der Waals surface area contributed by atoms with Crippen LogP contribution >= 0.6 is 34.7 Å². The maximum atomic E-state index is 14.1. The van der Waals surface area contributed by atoms with E-state index in [9.17, 15) is 14.7 Å². The molecule has 242 valence electrons. The predicted octanol–water partition coefficient (Wildman–Crippen LogP) is 8.98. The van der Waals surface area contributed by atoms with Crippen molar-refractivity contribution in [3.63, 3.8) is 0 Å². The van der Waals surface area contributed by atoms with Crippen LogP contribution in [0.5, 0.6) is 11.5 Å². The quantitative estimate of drug-likeness (QED) is 0.0528. The zero-order chi connectivity index (χ0) is 32.9. The van der Waals surface area contributed by atoms with Crippen molar-refractivity contribution in [2.75, 3.05) is 18.6 Å². The molecule has 3 aromatic carbocycles. The largest absolute Gasteiger partial charge is 0.503 e. The second-order valence-corrected chi connectivity index (χ2v) is 13.5. The number of methoxy groups -OCH3 is 1. The summed E-state index contributed by atoms with van der Waals surface area (Å²) in [5.74, 6) is -0.338. The van der Waals surface area contributed by atoms with Crippen LogP contribution in [0.3, 0.4) is 0 Å². The number of aromatic nitrogens is 2. The molecule has 2 aromatic heterocycles. The van der Waals surface area contributed by atoms with Gasteiger partial charge in [0, 0.05) is 16.2 Å². The Hall–Kier alpha value is -4.32. The molecule has 1 aliphatic rings. The molecular formula is C35H32ClN3O6S2. The lowest BCUT2D eigenvalue weighted by Crippen LogP contribution is -2.31. The van der Waals surface area contributed by atoms with Crippen molar-refractivity contribution in [2.24, 2.45) is 0 Å². The molecule has 12 heteroatoms. The lowest BCUT2D eigenvalue weighted by molar-refractivity contribution is -0.117. The number of unbranched alkanes of at least 4 members (excludes halogenated alkanes) is 3. The van der Waals surface area contributed by atoms with Gasteiger partial charge < -0.3 is 19.0 Å². The minimum absolute atomic E-state index is 0.0331. The number of amides is 1. The highest BCUT2D eigenvalue weighted by molar-refractivity contribution is 8.00. The monoisotopic (exact) mass is 689 g/mol. The van der Waals surface area contributed by atoms with Crippen molar-refractivity contribution >= 4 is 62.5 Å². The Labute approximate surface area is 285 Å². The first-order valence-corrected chi connectivity index (χ1v) is 17.4. The second kappa shape index (κ2) is 14.6. The average Bonchev–Trinajstić information content (AvgIpc) is 3.81. The Morgan fingerprint density at radius 2 is 1.85 bits per heavy atom. The number of para-hydroxylation sites is 1. The van der Waals surface area contributed by atoms with Crippen LogP contribution in [-0.2, 0) is 10.5 Å². The minimum atomic E-state index is -0.995. The first kappa shape index (κ1) is 32.6. The van der Waals surface area contributed by atoms with E-state index in [1.54, 1.807) is 48.5 Å². The van der Waals surface area contributed by atoms with E-state index in [0.29, 0.717) is 49.8 Å². The van der Waals surface area contributed by atoms with Gasteiger partial charge in [-0.25, -0.2) is 0 Å². The van der Waals surface area contributed by atoms with Crippen LogP contribution in [0.15, 0.2) is 92.9 Å². The number of halogens is 1. The fourth-order valence-corrected chi connectivity index (χ4v) is 7.29. The number of rotatable bonds is 14. The summed E-state index contributed by atoms with van der Waals surface area (Å²) in [4.78, 5) is 29.2. The highest BCUT2D eigenvalue weighted by Crippen LogP contribution is 2.45. The maximum absolute atomic E-state index is 14.1. The number of Topliss-reactive ketones (excluding diaryl/α,β-unsaturated/α-hetero) is 1. The molecule has 6 rings (SSSR count). The van der Waals surface area contributed by atoms with E-state index < -0.39 is 23.5 Å². The number of aliphatic hydroxyl groups excluding tert-OH is 1. The molecule has 3 heterocycles. The van der Waals surface area contributed by atoms with Gasteiger partial charge in [0.25, 0.3) is 5.91 Å². The smallest absolute Gasteiger partial charge is 0.296 e. The summed E-state index contributed by atoms with van der Waals surface area (Å²) < 4.78 is 17.9. The number of benzene rings is 3. The van der Waals surface area contributed by atoms with Crippen LogP contribution < -0.4 is 14.4 Å². The van der Waals surface area contributed by atoms with E-state index >= 15 is 0 Å². The van der Waals surface area contributed by atoms with Gasteiger partial charge in [-0.15, -0.1) is 10.2 Å². The molecule has 0 aliphatic carbocycles. The molecule has 47 heavy (non-hydrogen) atoms. The van der Waals surface area contributed by atoms with E-state index in [-0.39, 0.29) is 16.5 Å². The van der Waals surface area contributed by atoms with Gasteiger partial charge in [0.1, 0.15) is 5.75 Å². The van der Waals surface area contributed by atoms with E-state index in [0.717, 1.165) is 31.2 Å². The molecule has 1 unspecified atom stereocenters. The number of anilines is 1. The van der Waals surface area contributed by atoms with Gasteiger partial charge in [-0.3, -0.25) is 14.5 Å². The van der Waals surface area contributed by atoms with Crippen molar-refractivity contribution in [3.8, 4) is 11.5 Å². The van der Waals surface area contributed by atoms with Crippen molar-refractivity contribution in [1.29, 1.82) is 0 Å². The van der Waals surface area contributed by atoms with E-state index in [4.69, 9.17) is 25.5 Å². The number of thioether (sulfide) groups is 1. The Morgan fingerprint density at radius 3 is 2.60 bits per heavy atom. The van der Waals surface area contributed by atoms with Gasteiger partial charge in [-0.2, -0.15) is 0 Å². The number of hydrogen-bond donors (Lipinski definition) is 1. The third-order valence-electron chi connectivity index (χ3n) is 7.74. The lowest BCUT2D eigenvalue weighted by Gasteiger charge is -2.24. The van der Waals surface area contributed by atoms with E-state index in [2.05, 4.69) is 17.1 Å². The Bertz CT molecular complexity index is 1920. The molecule has 0 saturated heterocycles. The topological polar surface area (TPSA) is 115 Å². The molecule has 1 amide bonds. The first-order valence-electron chi connectivity index (χ1n) is 15.2. The summed E-state index contributed by atoms with van der Waals surface area (Å²) in [6.45, 7) is 2.75. The number of aliphatic hydroxyl groups is 1. The van der Waals surface area contributed by atoms with Gasteiger partial charge in [0.05, 0.1) is 25.3 Å². The normalized spacial score (nSPS) is 14.7. The predicted molar refractivity (Wildman–Crippen MR) is 184 cm³/mol. The Kier molecular flexibility index (Phi) is 10.1. The van der Waals surface area contributed by atoms with Crippen LogP contribution in [0.1, 0.15) is 60.3 Å². The summed E-state index contributed by atoms with van der Waals surface area (Å²) in [5, 5.41) is 21.4. The summed E-state index contributed by atoms with van der Waals surface area (Å²) in [7, 11) is 1.51. The van der Waals surface area contributed by atoms with Gasteiger partial charge in [0.2, 0.25) is 10.9 Å². The van der Waals surface area contributed by atoms with Crippen molar-refractivity contribution in [2.45, 2.75) is 48.7 Å². The molecular weight excluding hydrogens is 658 g/mol. The van der Waals surface area contributed by atoms with Crippen LogP contribution in [0.25, 0.3) is 11.0 Å². The van der Waals surface area contributed by atoms with Crippen LogP contribution in [-0.4, -0.2) is 40.7 Å². The molecule has 0 radical (unpaired) electrons. The standard InChI is InChI=1S/C35H32ClN3O6S2/c1-3-4-5-6-18-44-25-16-12-22(13-17-25)29-28(30(40)27-19-23-8-7-9-26(43-2)32(23)45-27)31(41)33(42)39(29)34-37-38-35(47-34)46-20-21-10-14-24(36)15-11-21/h7-17,19,29,41H,3-6,18,20H2,1-2H3. The lowest BCUT2D eigenvalue weighted by atomic mass is 9.95. The van der Waals surface area contributed by atoms with Gasteiger partial charge in [-0.1, -0.05) is 97.3 Å². The Balaban J connectivity index is 1.32. The fourth-order valence-electron chi connectivity index (χ4n) is 5.34. The number of ether oxygens (including phenoxy) is 2. The van der Waals surface area contributed by atoms with Crippen molar-refractivity contribution in [1.82, 2.24) is 10.2 Å². The number of fused-ring (bicyclic) bond motifs is 1. The second-order valence-electron chi connectivity index (χ2n) is 10.9. The average molecular weight is 690 g/mol. The summed E-state index contributed by atoms with van der Waals surface area (Å²) in [6.07, 6.45) is 4.35. The minimum Gasteiger partial charge on any atom is -0.503 e. The zero-order valence-electron chi connectivity index (χ0n) is 25.8. The SMILES string of the molecule is CCCCCCOc1ccc(C2C(C(=O)c3cc4cccc(OC)c4o3)=C(O)C(=O)N2c2nnc(SCc3ccc(Cl)cc3)s2)cc1. The molecule has 5 aromatic rings. The fraction of sp³-hybridized carbons (Fsp3) is 0.257. The molecule has 1 N–H and O–H groups in total. The molecule has 9 nitrogen and oxygen atoms in total. The molecule has 1 aliphatic heterocycles. The summed E-state index contributed by atoms with van der Waals surface area (Å²) >= 11 is 8.68. The van der Waals surface area contributed by atoms with Crippen LogP contribution in [0.4, 0.5) is 5.13 Å². The number of carbonyl (C=O) groups is 2. The Morgan fingerprint density at radius 1 is 1.06 bits per heavy atom. The van der Waals surface area contributed by atoms with Gasteiger partial charge in [-0.05, 0) is 53.9 Å². The molecule has 0 fully saturated rings. The summed E-state index contributed by atoms with van der Waals surface area (Å²) in [6, 6.07) is 20.6. The van der Waals surface area contributed by atoms with E-state index in [1.807, 2.05) is 24.3 Å². The number of nitrogens with zero attached hydrogens (tertiary/aromatic N) is 3. The number of ketones is 1. The molecule has 0 spiro atoms. The highest BCUT2D eigenvalue weighted by atomic mass is 35.5. The third kappa shape index (κ3) is 7.02. The summed E-state index contributed by atoms with van der Waals surface area (Å²) in [5.41, 5.74) is 1.91. The van der Waals surface area contributed by atoms with Crippen molar-refractivity contribution in [3.05, 3.63) is 106 Å². The zero-order valence-corrected chi connectivity index (χ0v) is 28.2. The molecule has 0 bridgehead atoms. The van der Waals surface area contributed by atoms with Crippen LogP contribution in [0.2, 0.25) is 5.02 Å². The maximum Gasteiger partial charge on any atom is 0.296 e. The van der Waals surface area contributed by atoms with E-state index in [1.165, 1.54) is 35.1 Å². The molecule has 1 atom stereocenters.